The van der Waals surface area contributed by atoms with Crippen LogP contribution in [0.2, 0.25) is 5.28 Å². The Bertz CT molecular complexity index is 633. The van der Waals surface area contributed by atoms with Crippen molar-refractivity contribution in [2.45, 2.75) is 26.4 Å². The lowest BCUT2D eigenvalue weighted by Gasteiger charge is -2.19. The largest absolute Gasteiger partial charge is 0.324 e. The summed E-state index contributed by atoms with van der Waals surface area (Å²) in [7, 11) is 0. The molecular formula is C12H14ClFN6O. The number of hydrogen-bond donors (Lipinski definition) is 2. The van der Waals surface area contributed by atoms with Crippen LogP contribution < -0.4 is 10.8 Å². The summed E-state index contributed by atoms with van der Waals surface area (Å²) in [5.41, 5.74) is 2.60. The maximum Gasteiger partial charge on any atom is 0.253 e. The third kappa shape index (κ3) is 5.09. The van der Waals surface area contributed by atoms with Crippen molar-refractivity contribution >= 4 is 29.2 Å². The van der Waals surface area contributed by atoms with E-state index in [0.717, 1.165) is 0 Å². The number of aromatic nitrogens is 4. The Morgan fingerprint density at radius 3 is 2.57 bits per heavy atom. The Kier molecular flexibility index (Phi) is 4.49. The number of nitrogens with zero attached hydrogens (tertiary/aromatic N) is 4. The molecule has 0 aliphatic heterocycles. The second-order valence-corrected chi connectivity index (χ2v) is 5.40. The summed E-state index contributed by atoms with van der Waals surface area (Å²) in [5, 5.41) is 2.78. The molecule has 2 N–H and O–H groups in total. The van der Waals surface area contributed by atoms with E-state index in [2.05, 4.69) is 30.7 Å². The van der Waals surface area contributed by atoms with Crippen LogP contribution in [0.1, 0.15) is 20.8 Å². The average Bonchev–Trinajstić information content (AvgIpc) is 2.35. The van der Waals surface area contributed by atoms with Crippen LogP contribution in [0.3, 0.4) is 0 Å². The summed E-state index contributed by atoms with van der Waals surface area (Å²) in [6, 6.07) is 2.77. The summed E-state index contributed by atoms with van der Waals surface area (Å²) in [4.78, 5) is 20.6. The predicted molar refractivity (Wildman–Crippen MR) is 76.8 cm³/mol. The number of hydrogen-bond acceptors (Lipinski definition) is 7. The molecule has 0 atom stereocenters. The number of pyridine rings is 1. The Balaban J connectivity index is 2.15. The molecule has 2 heterocycles. The highest BCUT2D eigenvalue weighted by Crippen LogP contribution is 2.16. The zero-order chi connectivity index (χ0) is 15.5. The van der Waals surface area contributed by atoms with Crippen molar-refractivity contribution in [1.82, 2.24) is 19.9 Å². The smallest absolute Gasteiger partial charge is 0.253 e. The van der Waals surface area contributed by atoms with Gasteiger partial charge in [0.05, 0.1) is 5.60 Å². The van der Waals surface area contributed by atoms with Crippen LogP contribution in [0.15, 0.2) is 18.3 Å². The second kappa shape index (κ2) is 6.15. The predicted octanol–water partition coefficient (Wildman–Crippen LogP) is 2.94. The number of halogens is 2. The van der Waals surface area contributed by atoms with Gasteiger partial charge in [0.25, 0.3) is 5.95 Å². The molecule has 9 heteroatoms. The van der Waals surface area contributed by atoms with E-state index in [1.54, 1.807) is 6.07 Å². The molecule has 0 fully saturated rings. The van der Waals surface area contributed by atoms with Crippen LogP contribution in [0, 0.1) is 5.95 Å². The van der Waals surface area contributed by atoms with Crippen molar-refractivity contribution in [1.29, 1.82) is 0 Å². The van der Waals surface area contributed by atoms with Crippen LogP contribution in [-0.4, -0.2) is 25.5 Å². The maximum absolute atomic E-state index is 13.0. The molecule has 21 heavy (non-hydrogen) atoms. The molecule has 2 aromatic rings. The number of rotatable bonds is 4. The van der Waals surface area contributed by atoms with Crippen molar-refractivity contribution < 1.29 is 9.23 Å². The monoisotopic (exact) mass is 312 g/mol. The Morgan fingerprint density at radius 1 is 1.19 bits per heavy atom. The lowest BCUT2D eigenvalue weighted by atomic mass is 10.2. The fourth-order valence-corrected chi connectivity index (χ4v) is 1.42. The van der Waals surface area contributed by atoms with Crippen LogP contribution >= 0.6 is 11.6 Å². The normalized spacial score (nSPS) is 11.3. The fraction of sp³-hybridized carbons (Fsp3) is 0.333. The van der Waals surface area contributed by atoms with Crippen LogP contribution in [0.4, 0.5) is 22.0 Å². The molecule has 0 aliphatic carbocycles. The summed E-state index contributed by atoms with van der Waals surface area (Å²) in [5.74, 6) is -0.322. The highest BCUT2D eigenvalue weighted by Gasteiger charge is 2.13. The summed E-state index contributed by atoms with van der Waals surface area (Å²) in [6.45, 7) is 5.59. The van der Waals surface area contributed by atoms with Gasteiger partial charge in [-0.25, -0.2) is 10.5 Å². The van der Waals surface area contributed by atoms with Gasteiger partial charge in [-0.05, 0) is 38.4 Å². The Morgan fingerprint density at radius 2 is 1.90 bits per heavy atom. The standard InChI is InChI=1S/C12H14ClFN6O/c1-12(2,3)21-20-11-18-9(13)17-10(19-11)16-7-4-5-15-8(14)6-7/h4-6H,1-3H3,(H2,15,16,17,18,19,20). The quantitative estimate of drug-likeness (QED) is 0.663. The minimum atomic E-state index is -0.616. The molecule has 0 unspecified atom stereocenters. The zero-order valence-corrected chi connectivity index (χ0v) is 12.4. The van der Waals surface area contributed by atoms with Gasteiger partial charge in [0.1, 0.15) is 0 Å². The molecule has 0 saturated carbocycles. The van der Waals surface area contributed by atoms with Crippen LogP contribution in [0.5, 0.6) is 0 Å². The Hall–Kier alpha value is -2.06. The molecule has 7 nitrogen and oxygen atoms in total. The molecule has 112 valence electrons. The zero-order valence-electron chi connectivity index (χ0n) is 11.7. The Labute approximate surface area is 125 Å². The first-order valence-corrected chi connectivity index (χ1v) is 6.44. The molecule has 0 aliphatic rings. The molecule has 0 saturated heterocycles. The first-order chi connectivity index (χ1) is 9.82. The fourth-order valence-electron chi connectivity index (χ4n) is 1.26. The lowest BCUT2D eigenvalue weighted by molar-refractivity contribution is 0.0358. The molecular weight excluding hydrogens is 299 g/mol. The number of anilines is 3. The molecule has 2 aromatic heterocycles. The van der Waals surface area contributed by atoms with Gasteiger partial charge in [-0.15, -0.1) is 0 Å². The van der Waals surface area contributed by atoms with Gasteiger partial charge in [-0.1, -0.05) is 0 Å². The van der Waals surface area contributed by atoms with E-state index in [9.17, 15) is 4.39 Å². The lowest BCUT2D eigenvalue weighted by Crippen LogP contribution is -2.24. The molecule has 2 rings (SSSR count). The van der Waals surface area contributed by atoms with Gasteiger partial charge >= 0.3 is 0 Å². The van der Waals surface area contributed by atoms with Crippen molar-refractivity contribution in [3.05, 3.63) is 29.6 Å². The molecule has 0 amide bonds. The third-order valence-electron chi connectivity index (χ3n) is 2.04. The SMILES string of the molecule is CC(C)(C)ONc1nc(Cl)nc(Nc2ccnc(F)c2)n1. The van der Waals surface area contributed by atoms with E-state index in [4.69, 9.17) is 16.4 Å². The van der Waals surface area contributed by atoms with Crippen LogP contribution in [0.25, 0.3) is 0 Å². The highest BCUT2D eigenvalue weighted by molar-refractivity contribution is 6.28. The second-order valence-electron chi connectivity index (χ2n) is 5.06. The van der Waals surface area contributed by atoms with Crippen molar-refractivity contribution in [2.75, 3.05) is 10.8 Å². The molecule has 0 spiro atoms. The molecule has 0 aromatic carbocycles. The van der Waals surface area contributed by atoms with Gasteiger partial charge in [0, 0.05) is 18.0 Å². The van der Waals surface area contributed by atoms with E-state index in [-0.39, 0.29) is 17.2 Å². The minimum Gasteiger partial charge on any atom is -0.324 e. The van der Waals surface area contributed by atoms with E-state index in [0.29, 0.717) is 5.69 Å². The first-order valence-electron chi connectivity index (χ1n) is 6.06. The first kappa shape index (κ1) is 15.3. The average molecular weight is 313 g/mol. The van der Waals surface area contributed by atoms with E-state index in [1.807, 2.05) is 20.8 Å². The van der Waals surface area contributed by atoms with Crippen LogP contribution in [-0.2, 0) is 4.84 Å². The van der Waals surface area contributed by atoms with Gasteiger partial charge in [-0.3, -0.25) is 4.84 Å². The van der Waals surface area contributed by atoms with Gasteiger partial charge < -0.3 is 5.32 Å². The minimum absolute atomic E-state index is 0.0259. The third-order valence-corrected chi connectivity index (χ3v) is 2.21. The summed E-state index contributed by atoms with van der Waals surface area (Å²) in [6.07, 6.45) is 1.32. The van der Waals surface area contributed by atoms with Crippen molar-refractivity contribution in [3.8, 4) is 0 Å². The van der Waals surface area contributed by atoms with Crippen molar-refractivity contribution in [3.63, 3.8) is 0 Å². The number of nitrogens with one attached hydrogen (secondary N) is 2. The van der Waals surface area contributed by atoms with E-state index >= 15 is 0 Å². The maximum atomic E-state index is 13.0. The topological polar surface area (TPSA) is 84.9 Å². The summed E-state index contributed by atoms with van der Waals surface area (Å²) >= 11 is 5.81. The summed E-state index contributed by atoms with van der Waals surface area (Å²) < 4.78 is 13.0. The van der Waals surface area contributed by atoms with Gasteiger partial charge in [0.15, 0.2) is 0 Å². The molecule has 0 radical (unpaired) electrons. The van der Waals surface area contributed by atoms with E-state index in [1.165, 1.54) is 12.3 Å². The van der Waals surface area contributed by atoms with Gasteiger partial charge in [0.2, 0.25) is 17.2 Å². The van der Waals surface area contributed by atoms with Crippen molar-refractivity contribution in [2.24, 2.45) is 0 Å². The molecule has 0 bridgehead atoms. The highest BCUT2D eigenvalue weighted by atomic mass is 35.5. The van der Waals surface area contributed by atoms with E-state index < -0.39 is 11.5 Å². The van der Waals surface area contributed by atoms with Gasteiger partial charge in [-0.2, -0.15) is 19.3 Å².